The number of fused-ring (bicyclic) bond motifs is 1. The summed E-state index contributed by atoms with van der Waals surface area (Å²) in [6, 6.07) is 8.12. The van der Waals surface area contributed by atoms with E-state index in [1.807, 2.05) is 18.2 Å². The molecule has 5 nitrogen and oxygen atoms in total. The monoisotopic (exact) mass is 430 g/mol. The van der Waals surface area contributed by atoms with Gasteiger partial charge in [0.2, 0.25) is 0 Å². The molecule has 23 heavy (non-hydrogen) atoms. The van der Waals surface area contributed by atoms with Gasteiger partial charge in [-0.2, -0.15) is 0 Å². The lowest BCUT2D eigenvalue weighted by molar-refractivity contribution is 0.357. The number of furan rings is 1. The second-order valence-electron chi connectivity index (χ2n) is 5.39. The van der Waals surface area contributed by atoms with Gasteiger partial charge in [-0.1, -0.05) is 25.1 Å². The molecule has 1 aromatic carbocycles. The maximum atomic E-state index is 5.90. The topological polar surface area (TPSA) is 52.8 Å². The van der Waals surface area contributed by atoms with E-state index in [1.165, 1.54) is 10.9 Å². The largest absolute Gasteiger partial charge is 0.459 e. The molecule has 128 valence electrons. The number of halogens is 1. The Labute approximate surface area is 155 Å². The van der Waals surface area contributed by atoms with E-state index in [9.17, 15) is 0 Å². The van der Waals surface area contributed by atoms with E-state index in [2.05, 4.69) is 47.5 Å². The van der Waals surface area contributed by atoms with Gasteiger partial charge in [-0.3, -0.25) is 4.99 Å². The molecule has 0 saturated carbocycles. The van der Waals surface area contributed by atoms with Crippen LogP contribution in [-0.4, -0.2) is 44.6 Å². The molecule has 6 heteroatoms. The van der Waals surface area contributed by atoms with Crippen molar-refractivity contribution < 1.29 is 4.42 Å². The van der Waals surface area contributed by atoms with Crippen LogP contribution in [0.5, 0.6) is 0 Å². The van der Waals surface area contributed by atoms with Gasteiger partial charge in [-0.15, -0.1) is 24.0 Å². The van der Waals surface area contributed by atoms with E-state index >= 15 is 0 Å². The van der Waals surface area contributed by atoms with Crippen molar-refractivity contribution >= 4 is 40.9 Å². The molecule has 0 bridgehead atoms. The first-order valence-electron chi connectivity index (χ1n) is 7.75. The van der Waals surface area contributed by atoms with Crippen molar-refractivity contribution in [2.24, 2.45) is 4.99 Å². The Bertz CT molecular complexity index is 639. The van der Waals surface area contributed by atoms with Crippen LogP contribution in [-0.2, 0) is 6.54 Å². The highest BCUT2D eigenvalue weighted by molar-refractivity contribution is 14.0. The fraction of sp³-hybridized carbons (Fsp3) is 0.471. The number of hydrogen-bond donors (Lipinski definition) is 2. The van der Waals surface area contributed by atoms with Crippen molar-refractivity contribution in [2.45, 2.75) is 20.4 Å². The summed E-state index contributed by atoms with van der Waals surface area (Å²) in [7, 11) is 3.89. The molecule has 1 aromatic heterocycles. The van der Waals surface area contributed by atoms with Crippen LogP contribution in [0, 0.1) is 6.92 Å². The zero-order valence-electron chi connectivity index (χ0n) is 14.3. The lowest BCUT2D eigenvalue weighted by Gasteiger charge is -2.16. The van der Waals surface area contributed by atoms with Crippen molar-refractivity contribution in [3.8, 4) is 0 Å². The van der Waals surface area contributed by atoms with Gasteiger partial charge < -0.3 is 20.0 Å². The number of hydrogen-bond acceptors (Lipinski definition) is 3. The molecule has 2 rings (SSSR count). The number of nitrogens with zero attached hydrogens (tertiary/aromatic N) is 2. The van der Waals surface area contributed by atoms with Gasteiger partial charge >= 0.3 is 0 Å². The van der Waals surface area contributed by atoms with Gasteiger partial charge in [-0.25, -0.2) is 0 Å². The normalized spacial score (nSPS) is 11.6. The summed E-state index contributed by atoms with van der Waals surface area (Å²) >= 11 is 0. The maximum absolute atomic E-state index is 5.90. The number of aryl methyl sites for hydroxylation is 1. The van der Waals surface area contributed by atoms with Gasteiger partial charge in [0, 0.05) is 31.1 Å². The molecule has 2 N–H and O–H groups in total. The first-order chi connectivity index (χ1) is 10.7. The van der Waals surface area contributed by atoms with Crippen LogP contribution in [0.2, 0.25) is 0 Å². The van der Waals surface area contributed by atoms with E-state index in [1.54, 1.807) is 7.05 Å². The molecule has 0 fully saturated rings. The van der Waals surface area contributed by atoms with Gasteiger partial charge in [0.05, 0.1) is 6.54 Å². The van der Waals surface area contributed by atoms with Crippen molar-refractivity contribution in [3.63, 3.8) is 0 Å². The number of benzene rings is 1. The number of aliphatic imine (C=N–C) groups is 1. The van der Waals surface area contributed by atoms with E-state index in [0.717, 1.165) is 36.9 Å². The zero-order chi connectivity index (χ0) is 15.9. The average Bonchev–Trinajstić information content (AvgIpc) is 2.87. The molecule has 2 aromatic rings. The molecule has 0 amide bonds. The predicted molar refractivity (Wildman–Crippen MR) is 108 cm³/mol. The molecule has 0 aliphatic carbocycles. The first kappa shape index (κ1) is 19.8. The molecule has 1 heterocycles. The van der Waals surface area contributed by atoms with Gasteiger partial charge in [0.1, 0.15) is 11.3 Å². The van der Waals surface area contributed by atoms with Crippen molar-refractivity contribution in [2.75, 3.05) is 33.7 Å². The fourth-order valence-electron chi connectivity index (χ4n) is 2.30. The third kappa shape index (κ3) is 5.39. The quantitative estimate of drug-likeness (QED) is 0.421. The molecule has 0 aliphatic heterocycles. The molecule has 0 aliphatic rings. The highest BCUT2D eigenvalue weighted by Gasteiger charge is 2.10. The SMILES string of the molecule is CCN(C)CCNC(=NC)NCc1oc2ccccc2c1C.I. The second-order valence-corrected chi connectivity index (χ2v) is 5.39. The van der Waals surface area contributed by atoms with Gasteiger partial charge in [0.15, 0.2) is 5.96 Å². The van der Waals surface area contributed by atoms with Crippen LogP contribution in [0.15, 0.2) is 33.7 Å². The minimum Gasteiger partial charge on any atom is -0.459 e. The van der Waals surface area contributed by atoms with Gasteiger partial charge in [0.25, 0.3) is 0 Å². The maximum Gasteiger partial charge on any atom is 0.191 e. The first-order valence-corrected chi connectivity index (χ1v) is 7.75. The summed E-state index contributed by atoms with van der Waals surface area (Å²) in [4.78, 5) is 6.50. The molecular weight excluding hydrogens is 403 g/mol. The Morgan fingerprint density at radius 1 is 1.26 bits per heavy atom. The van der Waals surface area contributed by atoms with Crippen LogP contribution in [0.3, 0.4) is 0 Å². The number of guanidine groups is 1. The lowest BCUT2D eigenvalue weighted by Crippen LogP contribution is -2.40. The smallest absolute Gasteiger partial charge is 0.191 e. The summed E-state index contributed by atoms with van der Waals surface area (Å²) in [6.45, 7) is 7.77. The molecular formula is C17H27IN4O. The number of likely N-dealkylation sites (N-methyl/N-ethyl adjacent to an activating group) is 1. The van der Waals surface area contributed by atoms with Crippen LogP contribution in [0.1, 0.15) is 18.2 Å². The van der Waals surface area contributed by atoms with E-state index in [4.69, 9.17) is 4.42 Å². The Hall–Kier alpha value is -1.28. The standard InChI is InChI=1S/C17H26N4O.HI/c1-5-21(4)11-10-19-17(18-3)20-12-16-13(2)14-8-6-7-9-15(14)22-16;/h6-9H,5,10-12H2,1-4H3,(H2,18,19,20);1H. The Morgan fingerprint density at radius 3 is 2.65 bits per heavy atom. The third-order valence-corrected chi connectivity index (χ3v) is 3.91. The van der Waals surface area contributed by atoms with Crippen LogP contribution in [0.25, 0.3) is 11.0 Å². The van der Waals surface area contributed by atoms with Crippen molar-refractivity contribution in [1.82, 2.24) is 15.5 Å². The van der Waals surface area contributed by atoms with E-state index < -0.39 is 0 Å². The van der Waals surface area contributed by atoms with Gasteiger partial charge in [-0.05, 0) is 26.6 Å². The zero-order valence-corrected chi connectivity index (χ0v) is 16.7. The Kier molecular flexibility index (Phi) is 8.40. The number of nitrogens with one attached hydrogen (secondary N) is 2. The summed E-state index contributed by atoms with van der Waals surface area (Å²) < 4.78 is 5.90. The molecule has 0 spiro atoms. The summed E-state index contributed by atoms with van der Waals surface area (Å²) in [6.07, 6.45) is 0. The van der Waals surface area contributed by atoms with Crippen LogP contribution in [0.4, 0.5) is 0 Å². The highest BCUT2D eigenvalue weighted by Crippen LogP contribution is 2.24. The minimum atomic E-state index is 0. The molecule has 0 atom stereocenters. The third-order valence-electron chi connectivity index (χ3n) is 3.91. The molecule has 0 radical (unpaired) electrons. The summed E-state index contributed by atoms with van der Waals surface area (Å²) in [5, 5.41) is 7.79. The fourth-order valence-corrected chi connectivity index (χ4v) is 2.30. The minimum absolute atomic E-state index is 0. The number of para-hydroxylation sites is 1. The summed E-state index contributed by atoms with van der Waals surface area (Å²) in [5.74, 6) is 1.75. The Balaban J connectivity index is 0.00000264. The second kappa shape index (κ2) is 9.77. The van der Waals surface area contributed by atoms with Crippen LogP contribution >= 0.6 is 24.0 Å². The average molecular weight is 430 g/mol. The number of rotatable bonds is 6. The van der Waals surface area contributed by atoms with E-state index in [0.29, 0.717) is 6.54 Å². The highest BCUT2D eigenvalue weighted by atomic mass is 127. The van der Waals surface area contributed by atoms with E-state index in [-0.39, 0.29) is 24.0 Å². The van der Waals surface area contributed by atoms with Crippen molar-refractivity contribution in [1.29, 1.82) is 0 Å². The van der Waals surface area contributed by atoms with Crippen molar-refractivity contribution in [3.05, 3.63) is 35.6 Å². The Morgan fingerprint density at radius 2 is 2.00 bits per heavy atom. The predicted octanol–water partition coefficient (Wildman–Crippen LogP) is 2.98. The lowest BCUT2D eigenvalue weighted by atomic mass is 10.1. The van der Waals surface area contributed by atoms with Crippen LogP contribution < -0.4 is 10.6 Å². The molecule has 0 unspecified atom stereocenters. The summed E-state index contributed by atoms with van der Waals surface area (Å²) in [5.41, 5.74) is 2.12. The molecule has 0 saturated heterocycles.